The zero-order valence-electron chi connectivity index (χ0n) is 18.5. The van der Waals surface area contributed by atoms with Gasteiger partial charge in [-0.2, -0.15) is 0 Å². The summed E-state index contributed by atoms with van der Waals surface area (Å²) >= 11 is 0. The maximum absolute atomic E-state index is 13.4. The fourth-order valence-corrected chi connectivity index (χ4v) is 6.22. The van der Waals surface area contributed by atoms with Crippen LogP contribution in [0.5, 0.6) is 0 Å². The van der Waals surface area contributed by atoms with Crippen LogP contribution in [0.15, 0.2) is 23.1 Å². The van der Waals surface area contributed by atoms with Crippen LogP contribution in [-0.4, -0.2) is 52.8 Å². The van der Waals surface area contributed by atoms with Gasteiger partial charge >= 0.3 is 12.1 Å². The molecule has 10 nitrogen and oxygen atoms in total. The van der Waals surface area contributed by atoms with Crippen molar-refractivity contribution in [2.24, 2.45) is 5.41 Å². The van der Waals surface area contributed by atoms with Crippen molar-refractivity contribution in [3.8, 4) is 0 Å². The molecule has 1 aliphatic heterocycles. The molecule has 2 aliphatic rings. The highest BCUT2D eigenvalue weighted by atomic mass is 32.2. The number of nitro groups is 1. The van der Waals surface area contributed by atoms with Gasteiger partial charge in [-0.05, 0) is 52.5 Å². The number of esters is 1. The van der Waals surface area contributed by atoms with Gasteiger partial charge in [0, 0.05) is 24.2 Å². The molecule has 3 rings (SSSR count). The molecule has 32 heavy (non-hydrogen) atoms. The molecule has 176 valence electrons. The van der Waals surface area contributed by atoms with Gasteiger partial charge in [-0.15, -0.1) is 0 Å². The lowest BCUT2D eigenvalue weighted by molar-refractivity contribution is -0.385. The van der Waals surface area contributed by atoms with Crippen molar-refractivity contribution in [2.45, 2.75) is 75.2 Å². The molecule has 0 bridgehead atoms. The highest BCUT2D eigenvalue weighted by Gasteiger charge is 2.57. The number of rotatable bonds is 6. The number of carbonyl (C=O) groups is 2. The van der Waals surface area contributed by atoms with Crippen LogP contribution in [0.2, 0.25) is 0 Å². The number of sulfone groups is 1. The molecule has 1 N–H and O–H groups in total. The van der Waals surface area contributed by atoms with Crippen LogP contribution in [0, 0.1) is 15.5 Å². The molecule has 0 radical (unpaired) electrons. The summed E-state index contributed by atoms with van der Waals surface area (Å²) < 4.78 is 32.0. The Morgan fingerprint density at radius 2 is 1.94 bits per heavy atom. The first kappa shape index (κ1) is 24.0. The zero-order valence-corrected chi connectivity index (χ0v) is 19.3. The second-order valence-corrected chi connectivity index (χ2v) is 11.6. The number of carboxylic acid groups (broad SMARTS) is 1. The number of hydrogen-bond donors (Lipinski definition) is 1. The van der Waals surface area contributed by atoms with Crippen LogP contribution in [-0.2, 0) is 19.4 Å². The van der Waals surface area contributed by atoms with E-state index in [1.807, 2.05) is 0 Å². The van der Waals surface area contributed by atoms with E-state index in [1.54, 1.807) is 27.7 Å². The van der Waals surface area contributed by atoms with E-state index in [0.29, 0.717) is 12.8 Å². The minimum atomic E-state index is -3.84. The molecule has 1 heterocycles. The highest BCUT2D eigenvalue weighted by Crippen LogP contribution is 2.53. The van der Waals surface area contributed by atoms with Crippen LogP contribution in [0.1, 0.15) is 65.0 Å². The molecule has 11 heteroatoms. The average Bonchev–Trinajstić information content (AvgIpc) is 3.46. The minimum Gasteiger partial charge on any atom is -0.465 e. The minimum absolute atomic E-state index is 0.0291. The zero-order chi connectivity index (χ0) is 24.1. The Balaban J connectivity index is 2.28. The summed E-state index contributed by atoms with van der Waals surface area (Å²) in [7, 11) is -3.84. The van der Waals surface area contributed by atoms with E-state index >= 15 is 0 Å². The van der Waals surface area contributed by atoms with Crippen LogP contribution >= 0.6 is 0 Å². The maximum atomic E-state index is 13.4. The van der Waals surface area contributed by atoms with Gasteiger partial charge in [-0.25, -0.2) is 13.2 Å². The SMILES string of the molecule is CCC1(C(=O)OC(C)(C)C)CCN(C(=O)O)C1c1cc([N+](=O)[O-])ccc1S(=O)(=O)C1CC1. The van der Waals surface area contributed by atoms with Gasteiger partial charge in [0.25, 0.3) is 5.69 Å². The Labute approximate surface area is 186 Å². The fraction of sp³-hybridized carbons (Fsp3) is 0.619. The number of non-ortho nitro benzene ring substituents is 1. The lowest BCUT2D eigenvalue weighted by Crippen LogP contribution is -2.43. The molecule has 1 saturated heterocycles. The third kappa shape index (κ3) is 4.17. The molecule has 1 amide bonds. The number of likely N-dealkylation sites (tertiary alicyclic amines) is 1. The Kier molecular flexibility index (Phi) is 6.01. The van der Waals surface area contributed by atoms with Gasteiger partial charge in [-0.1, -0.05) is 6.92 Å². The summed E-state index contributed by atoms with van der Waals surface area (Å²) in [4.78, 5) is 37.1. The predicted octanol–water partition coefficient (Wildman–Crippen LogP) is 3.69. The van der Waals surface area contributed by atoms with Crippen LogP contribution in [0.3, 0.4) is 0 Å². The first-order chi connectivity index (χ1) is 14.7. The first-order valence-corrected chi connectivity index (χ1v) is 12.0. The van der Waals surface area contributed by atoms with Crippen molar-refractivity contribution in [2.75, 3.05) is 6.54 Å². The molecule has 0 spiro atoms. The Hall–Kier alpha value is -2.69. The smallest absolute Gasteiger partial charge is 0.407 e. The second-order valence-electron chi connectivity index (χ2n) is 9.36. The van der Waals surface area contributed by atoms with Crippen molar-refractivity contribution >= 4 is 27.6 Å². The van der Waals surface area contributed by atoms with E-state index in [-0.39, 0.29) is 35.5 Å². The van der Waals surface area contributed by atoms with Gasteiger partial charge in [0.05, 0.1) is 26.5 Å². The monoisotopic (exact) mass is 468 g/mol. The maximum Gasteiger partial charge on any atom is 0.407 e. The van der Waals surface area contributed by atoms with E-state index in [4.69, 9.17) is 4.74 Å². The molecule has 1 saturated carbocycles. The Bertz CT molecular complexity index is 1060. The first-order valence-electron chi connectivity index (χ1n) is 10.5. The summed E-state index contributed by atoms with van der Waals surface area (Å²) in [6.45, 7) is 6.73. The predicted molar refractivity (Wildman–Crippen MR) is 114 cm³/mol. The number of nitrogens with zero attached hydrogens (tertiary/aromatic N) is 2. The van der Waals surface area contributed by atoms with Gasteiger partial charge in [-0.3, -0.25) is 14.9 Å². The van der Waals surface area contributed by atoms with Crippen molar-refractivity contribution in [3.63, 3.8) is 0 Å². The van der Waals surface area contributed by atoms with Crippen molar-refractivity contribution in [3.05, 3.63) is 33.9 Å². The molecule has 2 unspecified atom stereocenters. The number of benzene rings is 1. The number of amides is 1. The van der Waals surface area contributed by atoms with E-state index < -0.39 is 49.1 Å². The van der Waals surface area contributed by atoms with Crippen LogP contribution in [0.25, 0.3) is 0 Å². The molecule has 1 aromatic carbocycles. The van der Waals surface area contributed by atoms with Crippen molar-refractivity contribution < 1.29 is 32.8 Å². The summed E-state index contributed by atoms with van der Waals surface area (Å²) in [5.74, 6) is -0.650. The molecular formula is C21H28N2O8S. The largest absolute Gasteiger partial charge is 0.465 e. The van der Waals surface area contributed by atoms with Crippen molar-refractivity contribution in [1.29, 1.82) is 0 Å². The number of nitro benzene ring substituents is 1. The number of carbonyl (C=O) groups excluding carboxylic acids is 1. The van der Waals surface area contributed by atoms with Crippen LogP contribution < -0.4 is 0 Å². The number of ether oxygens (including phenoxy) is 1. The second kappa shape index (κ2) is 8.02. The Morgan fingerprint density at radius 1 is 1.31 bits per heavy atom. The topological polar surface area (TPSA) is 144 Å². The summed E-state index contributed by atoms with van der Waals surface area (Å²) in [5.41, 5.74) is -2.65. The molecule has 2 fully saturated rings. The highest BCUT2D eigenvalue weighted by molar-refractivity contribution is 7.92. The molecule has 1 aliphatic carbocycles. The van der Waals surface area contributed by atoms with E-state index in [9.17, 15) is 33.2 Å². The standard InChI is InChI=1S/C21H28N2O8S/c1-5-21(18(24)31-20(2,3)4)10-11-22(19(25)26)17(21)15-12-13(23(27)28)6-9-16(15)32(29,30)14-7-8-14/h6,9,12,14,17H,5,7-8,10-11H2,1-4H3,(H,25,26). The van der Waals surface area contributed by atoms with Crippen LogP contribution in [0.4, 0.5) is 10.5 Å². The molecule has 0 aromatic heterocycles. The molecule has 2 atom stereocenters. The van der Waals surface area contributed by atoms with Gasteiger partial charge in [0.15, 0.2) is 9.84 Å². The quantitative estimate of drug-likeness (QED) is 0.378. The number of hydrogen-bond acceptors (Lipinski definition) is 7. The van der Waals surface area contributed by atoms with E-state index in [1.165, 1.54) is 0 Å². The van der Waals surface area contributed by atoms with Gasteiger partial charge in [0.2, 0.25) is 0 Å². The van der Waals surface area contributed by atoms with Gasteiger partial charge < -0.3 is 14.7 Å². The lowest BCUT2D eigenvalue weighted by Gasteiger charge is -2.37. The summed E-state index contributed by atoms with van der Waals surface area (Å²) in [5, 5.41) is 20.7. The molecular weight excluding hydrogens is 440 g/mol. The summed E-state index contributed by atoms with van der Waals surface area (Å²) in [6, 6.07) is 2.12. The third-order valence-corrected chi connectivity index (χ3v) is 8.42. The average molecular weight is 469 g/mol. The summed E-state index contributed by atoms with van der Waals surface area (Å²) in [6.07, 6.45) is -0.118. The third-order valence-electron chi connectivity index (χ3n) is 6.08. The van der Waals surface area contributed by atoms with E-state index in [0.717, 1.165) is 23.1 Å². The van der Waals surface area contributed by atoms with Gasteiger partial charge in [0.1, 0.15) is 5.60 Å². The normalized spacial score (nSPS) is 23.8. The van der Waals surface area contributed by atoms with E-state index in [2.05, 4.69) is 0 Å². The Morgan fingerprint density at radius 3 is 2.41 bits per heavy atom. The van der Waals surface area contributed by atoms with Crippen molar-refractivity contribution in [1.82, 2.24) is 4.90 Å². The fourth-order valence-electron chi connectivity index (χ4n) is 4.34. The molecule has 1 aromatic rings. The lowest BCUT2D eigenvalue weighted by atomic mass is 9.74.